The molecule has 0 aliphatic rings. The van der Waals surface area contributed by atoms with Gasteiger partial charge in [-0.1, -0.05) is 6.07 Å². The Morgan fingerprint density at radius 3 is 2.33 bits per heavy atom. The first-order valence-electron chi connectivity index (χ1n) is 7.28. The fourth-order valence-corrected chi connectivity index (χ4v) is 1.94. The molecule has 0 fully saturated rings. The highest BCUT2D eigenvalue weighted by Gasteiger charge is 2.10. The molecular weight excluding hydrogens is 260 g/mol. The molecule has 2 aromatic rings. The van der Waals surface area contributed by atoms with Crippen molar-refractivity contribution in [2.45, 2.75) is 46.7 Å². The summed E-state index contributed by atoms with van der Waals surface area (Å²) in [6.45, 7) is 11.4. The number of nitrogens with one attached hydrogen (secondary N) is 1. The maximum atomic E-state index is 5.83. The molecule has 1 heterocycles. The number of hydrogen-bond acceptors (Lipinski definition) is 3. The Hall–Kier alpha value is -1.87. The van der Waals surface area contributed by atoms with E-state index in [2.05, 4.69) is 50.1 Å². The monoisotopic (exact) mass is 284 g/mol. The van der Waals surface area contributed by atoms with Crippen LogP contribution in [0.4, 0.5) is 0 Å². The summed E-state index contributed by atoms with van der Waals surface area (Å²) in [5, 5.41) is 3.50. The van der Waals surface area contributed by atoms with E-state index in [0.717, 1.165) is 23.7 Å². The van der Waals surface area contributed by atoms with Crippen LogP contribution >= 0.6 is 0 Å². The van der Waals surface area contributed by atoms with Crippen LogP contribution < -0.4 is 10.1 Å². The molecule has 0 unspecified atom stereocenters. The van der Waals surface area contributed by atoms with Gasteiger partial charge in [0.2, 0.25) is 0 Å². The molecule has 1 aromatic heterocycles. The van der Waals surface area contributed by atoms with Gasteiger partial charge in [0.05, 0.1) is 6.20 Å². The zero-order valence-electron chi connectivity index (χ0n) is 13.5. The maximum absolute atomic E-state index is 5.83. The number of rotatable bonds is 4. The minimum Gasteiger partial charge on any atom is -0.456 e. The van der Waals surface area contributed by atoms with E-state index in [1.54, 1.807) is 6.20 Å². The third-order valence-electron chi connectivity index (χ3n) is 3.24. The third-order valence-corrected chi connectivity index (χ3v) is 3.24. The molecule has 21 heavy (non-hydrogen) atoms. The van der Waals surface area contributed by atoms with Gasteiger partial charge < -0.3 is 10.1 Å². The number of aryl methyl sites for hydroxylation is 2. The number of nitrogens with zero attached hydrogens (tertiary/aromatic N) is 1. The van der Waals surface area contributed by atoms with Crippen molar-refractivity contribution in [3.8, 4) is 11.5 Å². The van der Waals surface area contributed by atoms with Gasteiger partial charge in [0.1, 0.15) is 11.5 Å². The van der Waals surface area contributed by atoms with Crippen molar-refractivity contribution in [1.82, 2.24) is 10.3 Å². The van der Waals surface area contributed by atoms with E-state index in [-0.39, 0.29) is 5.54 Å². The summed E-state index contributed by atoms with van der Waals surface area (Å²) < 4.78 is 5.83. The molecule has 0 spiro atoms. The molecule has 0 amide bonds. The molecule has 1 N–H and O–H groups in total. The molecule has 3 heteroatoms. The van der Waals surface area contributed by atoms with Crippen LogP contribution in [0.3, 0.4) is 0 Å². The summed E-state index contributed by atoms with van der Waals surface area (Å²) in [6.07, 6.45) is 1.75. The van der Waals surface area contributed by atoms with Crippen LogP contribution in [0, 0.1) is 13.8 Å². The van der Waals surface area contributed by atoms with Gasteiger partial charge in [-0.05, 0) is 70.0 Å². The highest BCUT2D eigenvalue weighted by Crippen LogP contribution is 2.23. The van der Waals surface area contributed by atoms with Crippen LogP contribution in [0.15, 0.2) is 36.5 Å². The van der Waals surface area contributed by atoms with Crippen molar-refractivity contribution in [1.29, 1.82) is 0 Å². The SMILES string of the molecule is Cc1ccc(Oc2ccc(CNC(C)(C)C)c(C)c2)cn1. The standard InChI is InChI=1S/C18H24N2O/c1-13-10-16(21-17-8-6-14(2)19-12-17)9-7-15(13)11-20-18(3,4)5/h6-10,12,20H,11H2,1-5H3. The predicted octanol–water partition coefficient (Wildman–Crippen LogP) is 4.38. The van der Waals surface area contributed by atoms with Crippen molar-refractivity contribution >= 4 is 0 Å². The Morgan fingerprint density at radius 1 is 1.05 bits per heavy atom. The molecule has 112 valence electrons. The third kappa shape index (κ3) is 4.87. The van der Waals surface area contributed by atoms with Crippen LogP contribution in [0.25, 0.3) is 0 Å². The zero-order valence-corrected chi connectivity index (χ0v) is 13.5. The minimum absolute atomic E-state index is 0.120. The minimum atomic E-state index is 0.120. The quantitative estimate of drug-likeness (QED) is 0.904. The van der Waals surface area contributed by atoms with E-state index in [4.69, 9.17) is 4.74 Å². The average Bonchev–Trinajstić information content (AvgIpc) is 2.39. The van der Waals surface area contributed by atoms with Crippen molar-refractivity contribution in [2.24, 2.45) is 0 Å². The number of hydrogen-bond donors (Lipinski definition) is 1. The summed E-state index contributed by atoms with van der Waals surface area (Å²) in [5.74, 6) is 1.61. The number of aromatic nitrogens is 1. The van der Waals surface area contributed by atoms with Gasteiger partial charge in [0.25, 0.3) is 0 Å². The molecule has 1 aromatic carbocycles. The summed E-state index contributed by atoms with van der Waals surface area (Å²) >= 11 is 0. The Labute approximate surface area is 127 Å². The molecular formula is C18H24N2O. The first kappa shape index (κ1) is 15.5. The predicted molar refractivity (Wildman–Crippen MR) is 86.8 cm³/mol. The van der Waals surface area contributed by atoms with E-state index < -0.39 is 0 Å². The van der Waals surface area contributed by atoms with Crippen molar-refractivity contribution in [2.75, 3.05) is 0 Å². The molecule has 0 bridgehead atoms. The van der Waals surface area contributed by atoms with Crippen molar-refractivity contribution < 1.29 is 4.74 Å². The molecule has 0 saturated carbocycles. The van der Waals surface area contributed by atoms with E-state index in [0.29, 0.717) is 0 Å². The second-order valence-corrected chi connectivity index (χ2v) is 6.43. The molecule has 0 saturated heterocycles. The second-order valence-electron chi connectivity index (χ2n) is 6.43. The normalized spacial score (nSPS) is 11.5. The lowest BCUT2D eigenvalue weighted by Crippen LogP contribution is -2.35. The van der Waals surface area contributed by atoms with Gasteiger partial charge in [0, 0.05) is 17.8 Å². The van der Waals surface area contributed by atoms with E-state index in [1.807, 2.05) is 25.1 Å². The molecule has 0 radical (unpaired) electrons. The van der Waals surface area contributed by atoms with Crippen LogP contribution in [-0.4, -0.2) is 10.5 Å². The Morgan fingerprint density at radius 2 is 1.76 bits per heavy atom. The molecule has 0 aliphatic heterocycles. The lowest BCUT2D eigenvalue weighted by Gasteiger charge is -2.21. The lowest BCUT2D eigenvalue weighted by molar-refractivity contribution is 0.423. The van der Waals surface area contributed by atoms with Crippen LogP contribution in [0.2, 0.25) is 0 Å². The Kier molecular flexibility index (Phi) is 4.63. The van der Waals surface area contributed by atoms with Gasteiger partial charge >= 0.3 is 0 Å². The van der Waals surface area contributed by atoms with Gasteiger partial charge in [-0.2, -0.15) is 0 Å². The average molecular weight is 284 g/mol. The molecule has 0 aliphatic carbocycles. The van der Waals surface area contributed by atoms with Gasteiger partial charge in [-0.25, -0.2) is 0 Å². The van der Waals surface area contributed by atoms with Gasteiger partial charge in [-0.15, -0.1) is 0 Å². The van der Waals surface area contributed by atoms with Crippen LogP contribution in [-0.2, 0) is 6.54 Å². The number of pyridine rings is 1. The van der Waals surface area contributed by atoms with Crippen LogP contribution in [0.1, 0.15) is 37.6 Å². The molecule has 0 atom stereocenters. The largest absolute Gasteiger partial charge is 0.456 e. The first-order valence-corrected chi connectivity index (χ1v) is 7.28. The van der Waals surface area contributed by atoms with E-state index in [9.17, 15) is 0 Å². The summed E-state index contributed by atoms with van der Waals surface area (Å²) in [4.78, 5) is 4.24. The Balaban J connectivity index is 2.06. The first-order chi connectivity index (χ1) is 9.83. The van der Waals surface area contributed by atoms with Crippen molar-refractivity contribution in [3.05, 3.63) is 53.3 Å². The maximum Gasteiger partial charge on any atom is 0.145 e. The van der Waals surface area contributed by atoms with Crippen LogP contribution in [0.5, 0.6) is 11.5 Å². The highest BCUT2D eigenvalue weighted by molar-refractivity contribution is 5.37. The van der Waals surface area contributed by atoms with Gasteiger partial charge in [0.15, 0.2) is 0 Å². The fourth-order valence-electron chi connectivity index (χ4n) is 1.94. The smallest absolute Gasteiger partial charge is 0.145 e. The fraction of sp³-hybridized carbons (Fsp3) is 0.389. The lowest BCUT2D eigenvalue weighted by atomic mass is 10.1. The molecule has 2 rings (SSSR count). The van der Waals surface area contributed by atoms with E-state index in [1.165, 1.54) is 11.1 Å². The summed E-state index contributed by atoms with van der Waals surface area (Å²) in [5.41, 5.74) is 3.63. The topological polar surface area (TPSA) is 34.1 Å². The number of benzene rings is 1. The van der Waals surface area contributed by atoms with Gasteiger partial charge in [-0.3, -0.25) is 4.98 Å². The zero-order chi connectivity index (χ0) is 15.5. The highest BCUT2D eigenvalue weighted by atomic mass is 16.5. The van der Waals surface area contributed by atoms with Crippen molar-refractivity contribution in [3.63, 3.8) is 0 Å². The second kappa shape index (κ2) is 6.27. The summed E-state index contributed by atoms with van der Waals surface area (Å²) in [6, 6.07) is 10.1. The van der Waals surface area contributed by atoms with E-state index >= 15 is 0 Å². The molecule has 3 nitrogen and oxygen atoms in total. The summed E-state index contributed by atoms with van der Waals surface area (Å²) in [7, 11) is 0. The number of ether oxygens (including phenoxy) is 1. The Bertz CT molecular complexity index is 598.